The van der Waals surface area contributed by atoms with Gasteiger partial charge >= 0.3 is 12.0 Å². The standard InChI is InChI=1S/C48H72N4O5S/c1-32(2)35-14-20-48(50-25-26-52-27-30-58(55,56)31-28-52)22-21-45(6)37-10-11-40-44(4,5)36(15-17-46(40,7)38(37)8-9-39(45)41(35)48)34-12-18-47(19-13-34,42(53)54)23-29-57-43-49-24-16-33(3)51-43/h12,15-16,24,35,37-41,50H,1,8-11,13-14,17-23,25-31H2,2-7H3,(H,53,54)/t35-,37?,38-,39+,40-,41+,45-,46+,47?,48-/m0/s1. The fourth-order valence-corrected chi connectivity index (χ4v) is 16.3. The number of nitrogens with one attached hydrogen (secondary N) is 1. The first-order chi connectivity index (χ1) is 27.4. The molecule has 2 heterocycles. The Morgan fingerprint density at radius 3 is 2.38 bits per heavy atom. The zero-order valence-electron chi connectivity index (χ0n) is 36.5. The highest BCUT2D eigenvalue weighted by atomic mass is 32.2. The van der Waals surface area contributed by atoms with Gasteiger partial charge in [-0.25, -0.2) is 18.4 Å². The topological polar surface area (TPSA) is 122 Å². The molecule has 0 aromatic carbocycles. The molecule has 8 rings (SSSR count). The molecule has 1 aromatic rings. The molecule has 0 amide bonds. The van der Waals surface area contributed by atoms with Crippen LogP contribution in [0.2, 0.25) is 0 Å². The fraction of sp³-hybridized carbons (Fsp3) is 0.771. The van der Waals surface area contributed by atoms with E-state index in [0.29, 0.717) is 84.9 Å². The molecule has 320 valence electrons. The number of aryl methyl sites for hydroxylation is 1. The van der Waals surface area contributed by atoms with E-state index in [1.54, 1.807) is 6.20 Å². The summed E-state index contributed by atoms with van der Waals surface area (Å²) >= 11 is 0. The van der Waals surface area contributed by atoms with Crippen LogP contribution in [0.15, 0.2) is 47.7 Å². The third kappa shape index (κ3) is 7.24. The lowest BCUT2D eigenvalue weighted by atomic mass is 9.37. The second kappa shape index (κ2) is 15.4. The van der Waals surface area contributed by atoms with Crippen molar-refractivity contribution in [2.45, 2.75) is 131 Å². The summed E-state index contributed by atoms with van der Waals surface area (Å²) < 4.78 is 30.0. The second-order valence-corrected chi connectivity index (χ2v) is 23.6. The van der Waals surface area contributed by atoms with E-state index < -0.39 is 21.2 Å². The Labute approximate surface area is 349 Å². The van der Waals surface area contributed by atoms with Crippen LogP contribution >= 0.6 is 0 Å². The Kier molecular flexibility index (Phi) is 11.2. The summed E-state index contributed by atoms with van der Waals surface area (Å²) in [7, 11) is -2.87. The number of sulfone groups is 1. The number of hydrogen-bond acceptors (Lipinski definition) is 8. The Balaban J connectivity index is 0.970. The summed E-state index contributed by atoms with van der Waals surface area (Å²) in [5.41, 5.74) is 4.97. The number of carboxylic acids is 1. The van der Waals surface area contributed by atoms with Crippen LogP contribution in [-0.4, -0.2) is 84.2 Å². The van der Waals surface area contributed by atoms with Crippen molar-refractivity contribution in [3.63, 3.8) is 0 Å². The van der Waals surface area contributed by atoms with Crippen LogP contribution < -0.4 is 10.1 Å². The van der Waals surface area contributed by atoms with Gasteiger partial charge in [-0.15, -0.1) is 0 Å². The predicted octanol–water partition coefficient (Wildman–Crippen LogP) is 8.61. The van der Waals surface area contributed by atoms with Gasteiger partial charge in [0.2, 0.25) is 0 Å². The largest absolute Gasteiger partial charge is 0.481 e. The van der Waals surface area contributed by atoms with Crippen LogP contribution in [-0.2, 0) is 14.6 Å². The van der Waals surface area contributed by atoms with Gasteiger partial charge in [0, 0.05) is 43.6 Å². The molecule has 0 radical (unpaired) electrons. The van der Waals surface area contributed by atoms with Gasteiger partial charge in [-0.1, -0.05) is 52.0 Å². The molecule has 0 bridgehead atoms. The lowest BCUT2D eigenvalue weighted by Crippen LogP contribution is -2.65. The molecule has 5 fully saturated rings. The number of aromatic nitrogens is 2. The van der Waals surface area contributed by atoms with Gasteiger partial charge in [-0.2, -0.15) is 0 Å². The molecule has 4 saturated carbocycles. The number of ether oxygens (including phenoxy) is 1. The molecule has 6 aliphatic carbocycles. The number of nitrogens with zero attached hydrogens (tertiary/aromatic N) is 3. The van der Waals surface area contributed by atoms with Crippen LogP contribution in [0, 0.1) is 64.1 Å². The van der Waals surface area contributed by atoms with Crippen molar-refractivity contribution in [2.75, 3.05) is 44.3 Å². The van der Waals surface area contributed by atoms with Crippen LogP contribution in [0.25, 0.3) is 0 Å². The van der Waals surface area contributed by atoms with Gasteiger partial charge < -0.3 is 20.1 Å². The van der Waals surface area contributed by atoms with E-state index in [1.165, 1.54) is 68.1 Å². The van der Waals surface area contributed by atoms with Gasteiger partial charge in [0.1, 0.15) is 0 Å². The normalized spacial score (nSPS) is 40.5. The summed E-state index contributed by atoms with van der Waals surface area (Å²) in [4.78, 5) is 23.6. The van der Waals surface area contributed by atoms with Crippen molar-refractivity contribution in [2.24, 2.45) is 57.2 Å². The Morgan fingerprint density at radius 2 is 1.69 bits per heavy atom. The maximum absolute atomic E-state index is 12.8. The van der Waals surface area contributed by atoms with E-state index in [2.05, 4.69) is 73.5 Å². The summed E-state index contributed by atoms with van der Waals surface area (Å²) in [6.45, 7) is 22.6. The van der Waals surface area contributed by atoms with Gasteiger partial charge in [-0.05, 0) is 166 Å². The van der Waals surface area contributed by atoms with E-state index in [0.717, 1.165) is 37.5 Å². The first kappa shape index (κ1) is 42.1. The minimum atomic E-state index is -2.87. The van der Waals surface area contributed by atoms with Crippen LogP contribution in [0.1, 0.15) is 124 Å². The maximum atomic E-state index is 12.8. The van der Waals surface area contributed by atoms with Crippen LogP contribution in [0.5, 0.6) is 6.01 Å². The highest BCUT2D eigenvalue weighted by Crippen LogP contribution is 2.72. The molecule has 1 aliphatic heterocycles. The number of fused-ring (bicyclic) bond motifs is 7. The molecule has 1 aromatic heterocycles. The van der Waals surface area contributed by atoms with Crippen molar-refractivity contribution in [3.8, 4) is 6.01 Å². The minimum Gasteiger partial charge on any atom is -0.481 e. The number of carboxylic acid groups (broad SMARTS) is 1. The third-order valence-corrected chi connectivity index (χ3v) is 19.8. The molecule has 10 heteroatoms. The molecule has 58 heavy (non-hydrogen) atoms. The SMILES string of the molecule is C=C(C)[C@@H]1CC[C@]2(NCCN3CCS(=O)(=O)CC3)CC[C@@]3(C)C4CC[C@H]5C(C)(C)C(C6=CCC(CCOc7nccc(C)n7)(C(=O)O)CC6)=CC[C@]5(C)[C@H]4CC[C@@H]3[C@@H]12. The molecular weight excluding hydrogens is 745 g/mol. The quantitative estimate of drug-likeness (QED) is 0.212. The zero-order chi connectivity index (χ0) is 41.3. The molecule has 1 saturated heterocycles. The lowest BCUT2D eigenvalue weighted by molar-refractivity contribution is -0.170. The van der Waals surface area contributed by atoms with Crippen LogP contribution in [0.4, 0.5) is 0 Å². The minimum absolute atomic E-state index is 0.0249. The summed E-state index contributed by atoms with van der Waals surface area (Å²) in [5.74, 6) is 3.77. The number of aliphatic carboxylic acids is 1. The first-order valence-electron chi connectivity index (χ1n) is 22.8. The Hall–Kier alpha value is -2.56. The highest BCUT2D eigenvalue weighted by molar-refractivity contribution is 7.91. The first-order valence-corrected chi connectivity index (χ1v) is 24.6. The molecule has 0 spiro atoms. The summed E-state index contributed by atoms with van der Waals surface area (Å²) in [6.07, 6.45) is 20.2. The van der Waals surface area contributed by atoms with E-state index in [4.69, 9.17) is 4.74 Å². The lowest BCUT2D eigenvalue weighted by Gasteiger charge is -2.68. The number of carbonyl (C=O) groups is 1. The second-order valence-electron chi connectivity index (χ2n) is 21.3. The number of allylic oxidation sites excluding steroid dienone is 5. The number of rotatable bonds is 11. The van der Waals surface area contributed by atoms with E-state index >= 15 is 0 Å². The highest BCUT2D eigenvalue weighted by Gasteiger charge is 2.66. The monoisotopic (exact) mass is 817 g/mol. The molecule has 9 nitrogen and oxygen atoms in total. The fourth-order valence-electron chi connectivity index (χ4n) is 15.0. The van der Waals surface area contributed by atoms with Crippen molar-refractivity contribution >= 4 is 15.8 Å². The smallest absolute Gasteiger partial charge is 0.316 e. The van der Waals surface area contributed by atoms with Crippen molar-refractivity contribution in [1.82, 2.24) is 20.2 Å². The van der Waals surface area contributed by atoms with E-state index in [9.17, 15) is 18.3 Å². The average Bonchev–Trinajstić information content (AvgIpc) is 3.56. The Morgan fingerprint density at radius 1 is 0.966 bits per heavy atom. The van der Waals surface area contributed by atoms with Crippen molar-refractivity contribution in [1.29, 1.82) is 0 Å². The van der Waals surface area contributed by atoms with Gasteiger partial charge in [0.05, 0.1) is 23.5 Å². The van der Waals surface area contributed by atoms with Crippen molar-refractivity contribution < 1.29 is 23.1 Å². The third-order valence-electron chi connectivity index (χ3n) is 18.2. The molecule has 2 N–H and O–H groups in total. The van der Waals surface area contributed by atoms with E-state index in [-0.39, 0.29) is 23.0 Å². The summed E-state index contributed by atoms with van der Waals surface area (Å²) in [5, 5.41) is 14.7. The van der Waals surface area contributed by atoms with Gasteiger partial charge in [-0.3, -0.25) is 4.79 Å². The van der Waals surface area contributed by atoms with Crippen molar-refractivity contribution in [3.05, 3.63) is 53.4 Å². The Bertz CT molecular complexity index is 1930. The summed E-state index contributed by atoms with van der Waals surface area (Å²) in [6, 6.07) is 2.14. The number of hydrogen-bond donors (Lipinski definition) is 2. The zero-order valence-corrected chi connectivity index (χ0v) is 37.3. The maximum Gasteiger partial charge on any atom is 0.316 e. The van der Waals surface area contributed by atoms with Gasteiger partial charge in [0.25, 0.3) is 0 Å². The molecule has 7 aliphatic rings. The molecule has 10 atom stereocenters. The molecular formula is C48H72N4O5S. The predicted molar refractivity (Wildman–Crippen MR) is 230 cm³/mol. The van der Waals surface area contributed by atoms with E-state index in [1.807, 2.05) is 13.0 Å². The van der Waals surface area contributed by atoms with Gasteiger partial charge in [0.15, 0.2) is 9.84 Å². The van der Waals surface area contributed by atoms with Crippen LogP contribution in [0.3, 0.4) is 0 Å². The molecule has 2 unspecified atom stereocenters. The average molecular weight is 817 g/mol.